The molecule has 0 saturated heterocycles. The molecular weight excluding hydrogens is 198 g/mol. The summed E-state index contributed by atoms with van der Waals surface area (Å²) in [5.41, 5.74) is 3.32. The molecule has 4 heteroatoms. The minimum Gasteiger partial charge on any atom is -0.378 e. The molecule has 3 rings (SSSR count). The van der Waals surface area contributed by atoms with Gasteiger partial charge in [0, 0.05) is 5.02 Å². The average Bonchev–Trinajstić information content (AvgIpc) is 2.65. The molecule has 0 bridgehead atoms. The van der Waals surface area contributed by atoms with Gasteiger partial charge in [0.2, 0.25) is 0 Å². The lowest BCUT2D eigenvalue weighted by molar-refractivity contribution is 0.906. The van der Waals surface area contributed by atoms with Crippen molar-refractivity contribution >= 4 is 17.3 Å². The van der Waals surface area contributed by atoms with Gasteiger partial charge < -0.3 is 5.32 Å². The number of imidazole rings is 1. The third kappa shape index (κ3) is 1.02. The summed E-state index contributed by atoms with van der Waals surface area (Å²) in [4.78, 5) is 4.11. The van der Waals surface area contributed by atoms with Crippen molar-refractivity contribution in [1.29, 1.82) is 0 Å². The Morgan fingerprint density at radius 3 is 3.29 bits per heavy atom. The summed E-state index contributed by atoms with van der Waals surface area (Å²) in [7, 11) is 0. The van der Waals surface area contributed by atoms with E-state index in [0.717, 1.165) is 28.6 Å². The molecule has 2 heterocycles. The summed E-state index contributed by atoms with van der Waals surface area (Å²) >= 11 is 5.95. The normalized spacial score (nSPS) is 12.9. The van der Waals surface area contributed by atoms with Crippen molar-refractivity contribution in [2.75, 3.05) is 5.32 Å². The highest BCUT2D eigenvalue weighted by Gasteiger charge is 2.14. The molecule has 0 radical (unpaired) electrons. The largest absolute Gasteiger partial charge is 0.378 e. The van der Waals surface area contributed by atoms with E-state index in [-0.39, 0.29) is 0 Å². The van der Waals surface area contributed by atoms with Crippen LogP contribution < -0.4 is 5.32 Å². The van der Waals surface area contributed by atoms with Crippen LogP contribution in [-0.4, -0.2) is 9.55 Å². The molecule has 14 heavy (non-hydrogen) atoms. The maximum Gasteiger partial charge on any atom is 0.0995 e. The summed E-state index contributed by atoms with van der Waals surface area (Å²) in [6, 6.07) is 5.81. The van der Waals surface area contributed by atoms with Gasteiger partial charge in [-0.15, -0.1) is 0 Å². The Bertz CT molecular complexity index is 490. The zero-order valence-corrected chi connectivity index (χ0v) is 8.12. The lowest BCUT2D eigenvalue weighted by Crippen LogP contribution is -2.13. The van der Waals surface area contributed by atoms with Crippen LogP contribution in [0.5, 0.6) is 0 Å². The fraction of sp³-hybridized carbons (Fsp3) is 0.100. The number of benzene rings is 1. The quantitative estimate of drug-likeness (QED) is 0.716. The van der Waals surface area contributed by atoms with Gasteiger partial charge in [-0.05, 0) is 18.2 Å². The van der Waals surface area contributed by atoms with E-state index < -0.39 is 0 Å². The third-order valence-corrected chi connectivity index (χ3v) is 2.63. The molecule has 1 N–H and O–H groups in total. The van der Waals surface area contributed by atoms with E-state index in [1.807, 2.05) is 30.7 Å². The fourth-order valence-corrected chi connectivity index (χ4v) is 1.88. The van der Waals surface area contributed by atoms with Crippen LogP contribution in [0.2, 0.25) is 5.02 Å². The summed E-state index contributed by atoms with van der Waals surface area (Å²) in [6.45, 7) is 0.814. The lowest BCUT2D eigenvalue weighted by Gasteiger charge is -2.20. The van der Waals surface area contributed by atoms with Crippen molar-refractivity contribution < 1.29 is 0 Å². The first-order valence-corrected chi connectivity index (χ1v) is 4.77. The van der Waals surface area contributed by atoms with Crippen LogP contribution >= 0.6 is 11.6 Å². The monoisotopic (exact) mass is 205 g/mol. The summed E-state index contributed by atoms with van der Waals surface area (Å²) in [5.74, 6) is 0. The number of rotatable bonds is 0. The maximum absolute atomic E-state index is 5.95. The van der Waals surface area contributed by atoms with Crippen LogP contribution in [-0.2, 0) is 6.54 Å². The molecule has 0 spiro atoms. The SMILES string of the molecule is Clc1ccc2c(c1)-n1cncc1CN2. The second-order valence-electron chi connectivity index (χ2n) is 3.27. The van der Waals surface area contributed by atoms with Crippen LogP contribution in [0.3, 0.4) is 0 Å². The second-order valence-corrected chi connectivity index (χ2v) is 3.71. The Labute approximate surface area is 86.3 Å². The van der Waals surface area contributed by atoms with Crippen LogP contribution in [0.25, 0.3) is 5.69 Å². The van der Waals surface area contributed by atoms with E-state index >= 15 is 0 Å². The minimum absolute atomic E-state index is 0.743. The average molecular weight is 206 g/mol. The Hall–Kier alpha value is -1.48. The molecule has 1 aliphatic rings. The number of hydrogen-bond acceptors (Lipinski definition) is 2. The maximum atomic E-state index is 5.95. The van der Waals surface area contributed by atoms with Crippen LogP contribution in [0.1, 0.15) is 5.69 Å². The molecule has 2 aromatic rings. The number of nitrogens with zero attached hydrogens (tertiary/aromatic N) is 2. The summed E-state index contributed by atoms with van der Waals surface area (Å²) < 4.78 is 2.05. The molecule has 70 valence electrons. The Kier molecular flexibility index (Phi) is 1.55. The van der Waals surface area contributed by atoms with Crippen molar-refractivity contribution in [3.8, 4) is 5.69 Å². The molecular formula is C10H8ClN3. The van der Waals surface area contributed by atoms with Crippen molar-refractivity contribution in [2.24, 2.45) is 0 Å². The molecule has 0 fully saturated rings. The standard InChI is InChI=1S/C10H8ClN3/c11-7-1-2-9-10(3-7)14-6-12-4-8(14)5-13-9/h1-4,6,13H,5H2. The fourth-order valence-electron chi connectivity index (χ4n) is 1.71. The zero-order chi connectivity index (χ0) is 9.54. The van der Waals surface area contributed by atoms with Gasteiger partial charge in [0.15, 0.2) is 0 Å². The number of aromatic nitrogens is 2. The molecule has 0 saturated carbocycles. The molecule has 1 aromatic carbocycles. The van der Waals surface area contributed by atoms with Crippen molar-refractivity contribution in [1.82, 2.24) is 9.55 Å². The van der Waals surface area contributed by atoms with E-state index in [1.165, 1.54) is 0 Å². The summed E-state index contributed by atoms with van der Waals surface area (Å²) in [5, 5.41) is 4.06. The predicted octanol–water partition coefficient (Wildman–Crippen LogP) is 2.45. The number of nitrogens with one attached hydrogen (secondary N) is 1. The third-order valence-electron chi connectivity index (χ3n) is 2.39. The number of fused-ring (bicyclic) bond motifs is 3. The molecule has 0 unspecified atom stereocenters. The Morgan fingerprint density at radius 1 is 1.43 bits per heavy atom. The van der Waals surface area contributed by atoms with Gasteiger partial charge in [0.25, 0.3) is 0 Å². The predicted molar refractivity (Wildman–Crippen MR) is 55.9 cm³/mol. The van der Waals surface area contributed by atoms with E-state index in [9.17, 15) is 0 Å². The smallest absolute Gasteiger partial charge is 0.0995 e. The topological polar surface area (TPSA) is 29.9 Å². The number of halogens is 1. The van der Waals surface area contributed by atoms with Gasteiger partial charge in [0.1, 0.15) is 0 Å². The highest BCUT2D eigenvalue weighted by Crippen LogP contribution is 2.29. The molecule has 0 aliphatic carbocycles. The van der Waals surface area contributed by atoms with Crippen LogP contribution in [0, 0.1) is 0 Å². The lowest BCUT2D eigenvalue weighted by atomic mass is 10.2. The van der Waals surface area contributed by atoms with E-state index in [0.29, 0.717) is 0 Å². The van der Waals surface area contributed by atoms with Gasteiger partial charge in [-0.2, -0.15) is 0 Å². The van der Waals surface area contributed by atoms with Gasteiger partial charge in [0.05, 0.1) is 36.1 Å². The molecule has 0 amide bonds. The first kappa shape index (κ1) is 7.88. The van der Waals surface area contributed by atoms with Gasteiger partial charge in [-0.1, -0.05) is 11.6 Å². The molecule has 3 nitrogen and oxygen atoms in total. The molecule has 1 aliphatic heterocycles. The van der Waals surface area contributed by atoms with E-state index in [2.05, 4.69) is 14.9 Å². The van der Waals surface area contributed by atoms with Gasteiger partial charge in [-0.3, -0.25) is 4.57 Å². The minimum atomic E-state index is 0.743. The van der Waals surface area contributed by atoms with Crippen LogP contribution in [0.4, 0.5) is 5.69 Å². The summed E-state index contributed by atoms with van der Waals surface area (Å²) in [6.07, 6.45) is 3.67. The van der Waals surface area contributed by atoms with E-state index in [4.69, 9.17) is 11.6 Å². The first-order valence-electron chi connectivity index (χ1n) is 4.39. The highest BCUT2D eigenvalue weighted by molar-refractivity contribution is 6.30. The van der Waals surface area contributed by atoms with Gasteiger partial charge in [-0.25, -0.2) is 4.98 Å². The van der Waals surface area contributed by atoms with E-state index in [1.54, 1.807) is 0 Å². The van der Waals surface area contributed by atoms with Crippen molar-refractivity contribution in [3.63, 3.8) is 0 Å². The van der Waals surface area contributed by atoms with Gasteiger partial charge >= 0.3 is 0 Å². The molecule has 1 aromatic heterocycles. The van der Waals surface area contributed by atoms with Crippen molar-refractivity contribution in [3.05, 3.63) is 41.4 Å². The Morgan fingerprint density at radius 2 is 2.36 bits per heavy atom. The second kappa shape index (κ2) is 2.75. The van der Waals surface area contributed by atoms with Crippen molar-refractivity contribution in [2.45, 2.75) is 6.54 Å². The highest BCUT2D eigenvalue weighted by atomic mass is 35.5. The zero-order valence-electron chi connectivity index (χ0n) is 7.37. The Balaban J connectivity index is 2.28. The first-order chi connectivity index (χ1) is 6.84. The number of hydrogen-bond donors (Lipinski definition) is 1. The molecule has 0 atom stereocenters. The van der Waals surface area contributed by atoms with Crippen LogP contribution in [0.15, 0.2) is 30.7 Å². The number of anilines is 1.